The standard InChI is InChI=1S/C16H24N2O2/c1-12-15(13(2)18(3)17-12)9-10-16(19)20-11-14-7-5-4-6-8-14/h4-5,14H,6-11H2,1-3H3. The largest absolute Gasteiger partial charge is 0.465 e. The molecule has 0 saturated carbocycles. The third kappa shape index (κ3) is 3.71. The van der Waals surface area contributed by atoms with Crippen LogP contribution in [-0.4, -0.2) is 22.4 Å². The van der Waals surface area contributed by atoms with Crippen molar-refractivity contribution in [1.29, 1.82) is 0 Å². The summed E-state index contributed by atoms with van der Waals surface area (Å²) in [7, 11) is 1.93. The number of carbonyl (C=O) groups excluding carboxylic acids is 1. The van der Waals surface area contributed by atoms with Gasteiger partial charge in [-0.1, -0.05) is 12.2 Å². The third-order valence-corrected chi connectivity index (χ3v) is 4.10. The number of rotatable bonds is 5. The van der Waals surface area contributed by atoms with Crippen molar-refractivity contribution in [2.75, 3.05) is 6.61 Å². The van der Waals surface area contributed by atoms with Crippen molar-refractivity contribution in [3.8, 4) is 0 Å². The molecular weight excluding hydrogens is 252 g/mol. The predicted molar refractivity (Wildman–Crippen MR) is 78.4 cm³/mol. The molecule has 0 radical (unpaired) electrons. The van der Waals surface area contributed by atoms with Gasteiger partial charge in [0.05, 0.1) is 12.3 Å². The van der Waals surface area contributed by atoms with Gasteiger partial charge < -0.3 is 4.74 Å². The van der Waals surface area contributed by atoms with Crippen LogP contribution in [0.15, 0.2) is 12.2 Å². The van der Waals surface area contributed by atoms with E-state index >= 15 is 0 Å². The normalized spacial score (nSPS) is 18.2. The molecule has 0 fully saturated rings. The lowest BCUT2D eigenvalue weighted by atomic mass is 9.95. The fourth-order valence-electron chi connectivity index (χ4n) is 2.70. The van der Waals surface area contributed by atoms with Gasteiger partial charge in [-0.05, 0) is 51.0 Å². The molecule has 0 aromatic carbocycles. The first-order valence-corrected chi connectivity index (χ1v) is 7.37. The van der Waals surface area contributed by atoms with Gasteiger partial charge in [-0.2, -0.15) is 5.10 Å². The molecule has 0 saturated heterocycles. The second kappa shape index (κ2) is 6.73. The van der Waals surface area contributed by atoms with Gasteiger partial charge in [0, 0.05) is 19.2 Å². The number of aromatic nitrogens is 2. The van der Waals surface area contributed by atoms with Gasteiger partial charge in [0.15, 0.2) is 0 Å². The van der Waals surface area contributed by atoms with Crippen molar-refractivity contribution < 1.29 is 9.53 Å². The average Bonchev–Trinajstić information content (AvgIpc) is 2.69. The molecule has 0 aliphatic heterocycles. The summed E-state index contributed by atoms with van der Waals surface area (Å²) in [5.41, 5.74) is 3.31. The maximum absolute atomic E-state index is 11.8. The van der Waals surface area contributed by atoms with Gasteiger partial charge in [0.25, 0.3) is 0 Å². The van der Waals surface area contributed by atoms with Crippen LogP contribution in [0.25, 0.3) is 0 Å². The molecule has 4 heteroatoms. The highest BCUT2D eigenvalue weighted by molar-refractivity contribution is 5.69. The molecule has 1 heterocycles. The van der Waals surface area contributed by atoms with Crippen LogP contribution in [-0.2, 0) is 23.0 Å². The molecule has 0 spiro atoms. The maximum atomic E-state index is 11.8. The number of hydrogen-bond donors (Lipinski definition) is 0. The van der Waals surface area contributed by atoms with Crippen molar-refractivity contribution in [2.24, 2.45) is 13.0 Å². The van der Waals surface area contributed by atoms with Crippen LogP contribution in [0.1, 0.15) is 42.6 Å². The summed E-state index contributed by atoms with van der Waals surface area (Å²) in [4.78, 5) is 11.8. The lowest BCUT2D eigenvalue weighted by Crippen LogP contribution is -2.15. The van der Waals surface area contributed by atoms with Crippen molar-refractivity contribution in [3.05, 3.63) is 29.1 Å². The second-order valence-electron chi connectivity index (χ2n) is 5.61. The number of hydrogen-bond acceptors (Lipinski definition) is 3. The van der Waals surface area contributed by atoms with Gasteiger partial charge >= 0.3 is 5.97 Å². The number of aryl methyl sites for hydroxylation is 2. The minimum Gasteiger partial charge on any atom is -0.465 e. The van der Waals surface area contributed by atoms with Gasteiger partial charge in [0.2, 0.25) is 0 Å². The molecule has 1 aromatic rings. The van der Waals surface area contributed by atoms with Gasteiger partial charge in [-0.15, -0.1) is 0 Å². The minimum atomic E-state index is -0.0952. The van der Waals surface area contributed by atoms with Gasteiger partial charge in [-0.3, -0.25) is 9.48 Å². The Bertz CT molecular complexity index is 503. The number of carbonyl (C=O) groups is 1. The zero-order valence-electron chi connectivity index (χ0n) is 12.7. The van der Waals surface area contributed by atoms with Crippen LogP contribution in [0, 0.1) is 19.8 Å². The molecule has 1 aromatic heterocycles. The Labute approximate surface area is 120 Å². The molecule has 110 valence electrons. The molecule has 20 heavy (non-hydrogen) atoms. The summed E-state index contributed by atoms with van der Waals surface area (Å²) in [6.07, 6.45) is 8.82. The van der Waals surface area contributed by atoms with E-state index in [4.69, 9.17) is 4.74 Å². The fraction of sp³-hybridized carbons (Fsp3) is 0.625. The Hall–Kier alpha value is -1.58. The number of allylic oxidation sites excluding steroid dienone is 2. The Morgan fingerprint density at radius 3 is 2.85 bits per heavy atom. The molecule has 1 unspecified atom stereocenters. The molecule has 0 N–H and O–H groups in total. The summed E-state index contributed by atoms with van der Waals surface area (Å²) in [5.74, 6) is 0.410. The van der Waals surface area contributed by atoms with Crippen molar-refractivity contribution in [1.82, 2.24) is 9.78 Å². The summed E-state index contributed by atoms with van der Waals surface area (Å²) in [5, 5.41) is 4.36. The van der Waals surface area contributed by atoms with Gasteiger partial charge in [-0.25, -0.2) is 0 Å². The van der Waals surface area contributed by atoms with Crippen molar-refractivity contribution in [3.63, 3.8) is 0 Å². The fourth-order valence-corrected chi connectivity index (χ4v) is 2.70. The van der Waals surface area contributed by atoms with Crippen LogP contribution in [0.3, 0.4) is 0 Å². The van der Waals surface area contributed by atoms with Crippen LogP contribution >= 0.6 is 0 Å². The van der Waals surface area contributed by atoms with E-state index in [9.17, 15) is 4.79 Å². The Balaban J connectivity index is 1.76. The molecule has 1 aliphatic carbocycles. The van der Waals surface area contributed by atoms with E-state index in [1.165, 1.54) is 5.56 Å². The summed E-state index contributed by atoms with van der Waals surface area (Å²) >= 11 is 0. The number of nitrogens with zero attached hydrogens (tertiary/aromatic N) is 2. The lowest BCUT2D eigenvalue weighted by molar-refractivity contribution is -0.145. The first-order valence-electron chi connectivity index (χ1n) is 7.37. The maximum Gasteiger partial charge on any atom is 0.306 e. The molecule has 1 atom stereocenters. The molecule has 0 amide bonds. The monoisotopic (exact) mass is 276 g/mol. The lowest BCUT2D eigenvalue weighted by Gasteiger charge is -2.17. The molecular formula is C16H24N2O2. The summed E-state index contributed by atoms with van der Waals surface area (Å²) in [6.45, 7) is 4.59. The van der Waals surface area contributed by atoms with Crippen molar-refractivity contribution in [2.45, 2.75) is 46.0 Å². The highest BCUT2D eigenvalue weighted by Gasteiger charge is 2.15. The molecule has 1 aliphatic rings. The van der Waals surface area contributed by atoms with E-state index in [2.05, 4.69) is 17.3 Å². The van der Waals surface area contributed by atoms with E-state index in [-0.39, 0.29) is 5.97 Å². The quantitative estimate of drug-likeness (QED) is 0.613. The third-order valence-electron chi connectivity index (χ3n) is 4.10. The molecule has 4 nitrogen and oxygen atoms in total. The zero-order valence-corrected chi connectivity index (χ0v) is 12.7. The first kappa shape index (κ1) is 14.8. The predicted octanol–water partition coefficient (Wildman–Crippen LogP) is 2.87. The van der Waals surface area contributed by atoms with E-state index < -0.39 is 0 Å². The first-order chi connectivity index (χ1) is 9.58. The van der Waals surface area contributed by atoms with Crippen LogP contribution < -0.4 is 0 Å². The SMILES string of the molecule is Cc1nn(C)c(C)c1CCC(=O)OCC1CC=CCC1. The topological polar surface area (TPSA) is 44.1 Å². The Morgan fingerprint density at radius 2 is 2.25 bits per heavy atom. The van der Waals surface area contributed by atoms with E-state index in [1.807, 2.05) is 25.6 Å². The van der Waals surface area contributed by atoms with Crippen LogP contribution in [0.4, 0.5) is 0 Å². The van der Waals surface area contributed by atoms with E-state index in [0.717, 1.165) is 37.1 Å². The van der Waals surface area contributed by atoms with E-state index in [0.29, 0.717) is 18.9 Å². The number of ether oxygens (including phenoxy) is 1. The molecule has 0 bridgehead atoms. The van der Waals surface area contributed by atoms with Crippen molar-refractivity contribution >= 4 is 5.97 Å². The molecule has 2 rings (SSSR count). The van der Waals surface area contributed by atoms with Crippen LogP contribution in [0.2, 0.25) is 0 Å². The smallest absolute Gasteiger partial charge is 0.306 e. The Morgan fingerprint density at radius 1 is 1.45 bits per heavy atom. The zero-order chi connectivity index (χ0) is 14.5. The average molecular weight is 276 g/mol. The highest BCUT2D eigenvalue weighted by Crippen LogP contribution is 2.19. The van der Waals surface area contributed by atoms with Gasteiger partial charge in [0.1, 0.15) is 0 Å². The summed E-state index contributed by atoms with van der Waals surface area (Å²) in [6, 6.07) is 0. The second-order valence-corrected chi connectivity index (χ2v) is 5.61. The Kier molecular flexibility index (Phi) is 4.99. The van der Waals surface area contributed by atoms with Crippen LogP contribution in [0.5, 0.6) is 0 Å². The number of esters is 1. The summed E-state index contributed by atoms with van der Waals surface area (Å²) < 4.78 is 7.26. The van der Waals surface area contributed by atoms with E-state index in [1.54, 1.807) is 0 Å². The minimum absolute atomic E-state index is 0.0952. The highest BCUT2D eigenvalue weighted by atomic mass is 16.5.